The first kappa shape index (κ1) is 16.2. The molecule has 1 atom stereocenters. The van der Waals surface area contributed by atoms with Crippen molar-refractivity contribution in [1.29, 1.82) is 0 Å². The molecule has 0 aliphatic carbocycles. The minimum absolute atomic E-state index is 0.223. The number of imide groups is 1. The fraction of sp³-hybridized carbons (Fsp3) is 0.389. The molecule has 2 aromatic rings. The van der Waals surface area contributed by atoms with Gasteiger partial charge in [0, 0.05) is 6.20 Å². The third-order valence-corrected chi connectivity index (χ3v) is 4.67. The van der Waals surface area contributed by atoms with E-state index < -0.39 is 5.54 Å². The lowest BCUT2D eigenvalue weighted by Gasteiger charge is -2.23. The highest BCUT2D eigenvalue weighted by Crippen LogP contribution is 2.30. The van der Waals surface area contributed by atoms with Gasteiger partial charge in [0.2, 0.25) is 0 Å². The van der Waals surface area contributed by atoms with Crippen molar-refractivity contribution in [3.63, 3.8) is 0 Å². The van der Waals surface area contributed by atoms with E-state index in [1.54, 1.807) is 17.8 Å². The topological polar surface area (TPSA) is 67.2 Å². The minimum atomic E-state index is -1.02. The third kappa shape index (κ3) is 2.68. The van der Waals surface area contributed by atoms with Crippen LogP contribution in [0, 0.1) is 20.8 Å². The Morgan fingerprint density at radius 1 is 1.12 bits per heavy atom. The Hall–Kier alpha value is -2.63. The number of aryl methyl sites for hydroxylation is 3. The summed E-state index contributed by atoms with van der Waals surface area (Å²) in [6.07, 6.45) is 3.64. The van der Waals surface area contributed by atoms with E-state index in [-0.39, 0.29) is 11.9 Å². The molecular weight excluding hydrogens is 304 g/mol. The molecule has 1 aromatic heterocycles. The number of hydrogen-bond donors (Lipinski definition) is 1. The highest BCUT2D eigenvalue weighted by atomic mass is 16.2. The largest absolute Gasteiger partial charge is 0.325 e. The van der Waals surface area contributed by atoms with E-state index in [0.29, 0.717) is 13.1 Å². The van der Waals surface area contributed by atoms with Gasteiger partial charge in [0.05, 0.1) is 19.3 Å². The number of amides is 3. The second-order valence-corrected chi connectivity index (χ2v) is 6.59. The van der Waals surface area contributed by atoms with E-state index in [9.17, 15) is 9.59 Å². The summed E-state index contributed by atoms with van der Waals surface area (Å²) in [5.74, 6) is -0.223. The van der Waals surface area contributed by atoms with Crippen molar-refractivity contribution >= 4 is 11.9 Å². The van der Waals surface area contributed by atoms with E-state index >= 15 is 0 Å². The van der Waals surface area contributed by atoms with Gasteiger partial charge < -0.3 is 5.32 Å². The van der Waals surface area contributed by atoms with Crippen molar-refractivity contribution in [3.8, 4) is 0 Å². The van der Waals surface area contributed by atoms with Gasteiger partial charge in [-0.25, -0.2) is 4.79 Å². The molecule has 3 amide bonds. The number of nitrogens with zero attached hydrogens (tertiary/aromatic N) is 3. The molecule has 0 bridgehead atoms. The van der Waals surface area contributed by atoms with Crippen LogP contribution in [0.25, 0.3) is 0 Å². The number of carbonyl (C=O) groups is 2. The molecule has 0 saturated carbocycles. The molecule has 1 aromatic carbocycles. The van der Waals surface area contributed by atoms with Gasteiger partial charge in [0.15, 0.2) is 0 Å². The van der Waals surface area contributed by atoms with Gasteiger partial charge in [0.1, 0.15) is 5.54 Å². The molecule has 1 aliphatic rings. The summed E-state index contributed by atoms with van der Waals surface area (Å²) in [5.41, 5.74) is 3.09. The SMILES string of the molecule is Cc1cnn(CCN2C(=O)NC(C)(c3ccc(C)c(C)c3)C2=O)c1. The van der Waals surface area contributed by atoms with Gasteiger partial charge in [0.25, 0.3) is 5.91 Å². The van der Waals surface area contributed by atoms with Crippen LogP contribution >= 0.6 is 0 Å². The molecule has 6 heteroatoms. The van der Waals surface area contributed by atoms with E-state index in [1.807, 2.05) is 45.2 Å². The van der Waals surface area contributed by atoms with Gasteiger partial charge in [-0.1, -0.05) is 18.2 Å². The fourth-order valence-corrected chi connectivity index (χ4v) is 2.94. The third-order valence-electron chi connectivity index (χ3n) is 4.67. The van der Waals surface area contributed by atoms with E-state index in [1.165, 1.54) is 4.90 Å². The van der Waals surface area contributed by atoms with Crippen molar-refractivity contribution in [1.82, 2.24) is 20.0 Å². The summed E-state index contributed by atoms with van der Waals surface area (Å²) < 4.78 is 1.74. The minimum Gasteiger partial charge on any atom is -0.319 e. The molecule has 24 heavy (non-hydrogen) atoms. The summed E-state index contributed by atoms with van der Waals surface area (Å²) in [4.78, 5) is 26.5. The molecular formula is C18H22N4O2. The summed E-state index contributed by atoms with van der Waals surface area (Å²) >= 11 is 0. The van der Waals surface area contributed by atoms with Crippen LogP contribution in [0.5, 0.6) is 0 Å². The molecule has 1 fully saturated rings. The Labute approximate surface area is 141 Å². The number of rotatable bonds is 4. The maximum atomic E-state index is 12.9. The quantitative estimate of drug-likeness (QED) is 0.877. The number of carbonyl (C=O) groups excluding carboxylic acids is 2. The highest BCUT2D eigenvalue weighted by molar-refractivity contribution is 6.07. The lowest BCUT2D eigenvalue weighted by atomic mass is 9.90. The maximum Gasteiger partial charge on any atom is 0.325 e. The second kappa shape index (κ2) is 5.78. The summed E-state index contributed by atoms with van der Waals surface area (Å²) in [7, 11) is 0. The van der Waals surface area contributed by atoms with Crippen molar-refractivity contribution in [2.24, 2.45) is 0 Å². The lowest BCUT2D eigenvalue weighted by Crippen LogP contribution is -2.41. The van der Waals surface area contributed by atoms with Crippen molar-refractivity contribution in [2.45, 2.75) is 39.8 Å². The van der Waals surface area contributed by atoms with E-state index in [4.69, 9.17) is 0 Å². The molecule has 1 N–H and O–H groups in total. The Morgan fingerprint density at radius 2 is 1.88 bits per heavy atom. The first-order chi connectivity index (χ1) is 11.3. The van der Waals surface area contributed by atoms with Crippen LogP contribution < -0.4 is 5.32 Å². The van der Waals surface area contributed by atoms with E-state index in [2.05, 4.69) is 10.4 Å². The average molecular weight is 326 g/mol. The van der Waals surface area contributed by atoms with Crippen molar-refractivity contribution < 1.29 is 9.59 Å². The number of aromatic nitrogens is 2. The van der Waals surface area contributed by atoms with Crippen LogP contribution in [-0.4, -0.2) is 33.2 Å². The van der Waals surface area contributed by atoms with Gasteiger partial charge in [-0.2, -0.15) is 5.10 Å². The standard InChI is InChI=1S/C18H22N4O2/c1-12-10-19-21(11-12)7-8-22-16(23)18(4,20-17(22)24)15-6-5-13(2)14(3)9-15/h5-6,9-11H,7-8H2,1-4H3,(H,20,24). The summed E-state index contributed by atoms with van der Waals surface area (Å²) in [5, 5.41) is 7.03. The average Bonchev–Trinajstić information content (AvgIpc) is 3.03. The van der Waals surface area contributed by atoms with Crippen LogP contribution in [0.15, 0.2) is 30.6 Å². The first-order valence-corrected chi connectivity index (χ1v) is 8.02. The number of benzene rings is 1. The van der Waals surface area contributed by atoms with Crippen molar-refractivity contribution in [2.75, 3.05) is 6.54 Å². The molecule has 2 heterocycles. The molecule has 1 aliphatic heterocycles. The van der Waals surface area contributed by atoms with Gasteiger partial charge in [-0.05, 0) is 49.9 Å². The maximum absolute atomic E-state index is 12.9. The monoisotopic (exact) mass is 326 g/mol. The zero-order chi connectivity index (χ0) is 17.5. The molecule has 1 saturated heterocycles. The van der Waals surface area contributed by atoms with Gasteiger partial charge in [-0.3, -0.25) is 14.4 Å². The molecule has 0 spiro atoms. The highest BCUT2D eigenvalue weighted by Gasteiger charge is 2.48. The zero-order valence-electron chi connectivity index (χ0n) is 14.5. The Balaban J connectivity index is 1.80. The summed E-state index contributed by atoms with van der Waals surface area (Å²) in [6.45, 7) is 8.52. The number of nitrogens with one attached hydrogen (secondary N) is 1. The number of urea groups is 1. The van der Waals surface area contributed by atoms with Crippen LogP contribution in [-0.2, 0) is 16.9 Å². The smallest absolute Gasteiger partial charge is 0.319 e. The van der Waals surface area contributed by atoms with Crippen LogP contribution in [0.3, 0.4) is 0 Å². The number of hydrogen-bond acceptors (Lipinski definition) is 3. The molecule has 3 rings (SSSR count). The Kier molecular flexibility index (Phi) is 3.91. The summed E-state index contributed by atoms with van der Waals surface area (Å²) in [6, 6.07) is 5.49. The first-order valence-electron chi connectivity index (χ1n) is 8.02. The van der Waals surface area contributed by atoms with E-state index in [0.717, 1.165) is 22.3 Å². The second-order valence-electron chi connectivity index (χ2n) is 6.59. The zero-order valence-corrected chi connectivity index (χ0v) is 14.5. The van der Waals surface area contributed by atoms with Crippen LogP contribution in [0.4, 0.5) is 4.79 Å². The molecule has 126 valence electrons. The molecule has 6 nitrogen and oxygen atoms in total. The van der Waals surface area contributed by atoms with Crippen LogP contribution in [0.2, 0.25) is 0 Å². The lowest BCUT2D eigenvalue weighted by molar-refractivity contribution is -0.131. The fourth-order valence-electron chi connectivity index (χ4n) is 2.94. The molecule has 1 unspecified atom stereocenters. The van der Waals surface area contributed by atoms with Gasteiger partial charge in [-0.15, -0.1) is 0 Å². The normalized spacial score (nSPS) is 20.6. The Morgan fingerprint density at radius 3 is 2.50 bits per heavy atom. The Bertz CT molecular complexity index is 811. The van der Waals surface area contributed by atoms with Gasteiger partial charge >= 0.3 is 6.03 Å². The molecule has 0 radical (unpaired) electrons. The van der Waals surface area contributed by atoms with Crippen LogP contribution in [0.1, 0.15) is 29.2 Å². The van der Waals surface area contributed by atoms with Crippen molar-refractivity contribution in [3.05, 3.63) is 52.8 Å². The predicted molar refractivity (Wildman–Crippen MR) is 90.5 cm³/mol. The predicted octanol–water partition coefficient (Wildman–Crippen LogP) is 2.28.